The number of rotatable bonds is 6. The van der Waals surface area contributed by atoms with Crippen LogP contribution in [0.25, 0.3) is 0 Å². The largest absolute Gasteiger partial charge is 0.444 e. The molecule has 0 bridgehead atoms. The summed E-state index contributed by atoms with van der Waals surface area (Å²) in [6, 6.07) is 0.0543. The van der Waals surface area contributed by atoms with Gasteiger partial charge < -0.3 is 20.3 Å². The van der Waals surface area contributed by atoms with E-state index in [0.29, 0.717) is 44.7 Å². The van der Waals surface area contributed by atoms with Gasteiger partial charge in [0.2, 0.25) is 5.91 Å². The maximum Gasteiger partial charge on any atom is 0.407 e. The molecule has 2 heterocycles. The SMILES string of the molecule is CC(C)(C)OC(=O)NCCCC(=O)N1CCC(NC(=O)C2=NC=NC2)CC1. The fourth-order valence-electron chi connectivity index (χ4n) is 2.85. The molecule has 0 spiro atoms. The Kier molecular flexibility index (Phi) is 7.32. The predicted molar refractivity (Wildman–Crippen MR) is 102 cm³/mol. The number of piperidine rings is 1. The van der Waals surface area contributed by atoms with Gasteiger partial charge in [-0.05, 0) is 40.0 Å². The highest BCUT2D eigenvalue weighted by molar-refractivity contribution is 6.41. The number of carbonyl (C=O) groups is 3. The van der Waals surface area contributed by atoms with Crippen molar-refractivity contribution in [2.45, 2.75) is 58.1 Å². The first kappa shape index (κ1) is 20.9. The monoisotopic (exact) mass is 379 g/mol. The Morgan fingerprint density at radius 1 is 1.26 bits per heavy atom. The summed E-state index contributed by atoms with van der Waals surface area (Å²) in [5, 5.41) is 5.61. The summed E-state index contributed by atoms with van der Waals surface area (Å²) in [5.74, 6) is -0.107. The van der Waals surface area contributed by atoms with E-state index < -0.39 is 11.7 Å². The minimum absolute atomic E-state index is 0.0543. The van der Waals surface area contributed by atoms with Crippen molar-refractivity contribution in [1.82, 2.24) is 15.5 Å². The fraction of sp³-hybridized carbons (Fsp3) is 0.722. The van der Waals surface area contributed by atoms with Crippen molar-refractivity contribution in [3.8, 4) is 0 Å². The first-order valence-corrected chi connectivity index (χ1v) is 9.35. The van der Waals surface area contributed by atoms with Gasteiger partial charge in [-0.1, -0.05) is 0 Å². The Balaban J connectivity index is 1.59. The smallest absolute Gasteiger partial charge is 0.407 e. The molecule has 3 amide bonds. The molecule has 2 rings (SSSR count). The van der Waals surface area contributed by atoms with Gasteiger partial charge in [-0.15, -0.1) is 0 Å². The van der Waals surface area contributed by atoms with Crippen LogP contribution in [0.3, 0.4) is 0 Å². The Labute approximate surface area is 159 Å². The van der Waals surface area contributed by atoms with E-state index in [9.17, 15) is 14.4 Å². The number of amides is 3. The molecule has 150 valence electrons. The molecule has 0 saturated carbocycles. The Morgan fingerprint density at radius 2 is 1.96 bits per heavy atom. The third-order valence-corrected chi connectivity index (χ3v) is 4.22. The number of likely N-dealkylation sites (tertiary alicyclic amines) is 1. The second-order valence-electron chi connectivity index (χ2n) is 7.69. The van der Waals surface area contributed by atoms with Crippen LogP contribution in [0.15, 0.2) is 9.98 Å². The zero-order valence-corrected chi connectivity index (χ0v) is 16.3. The second-order valence-corrected chi connectivity index (χ2v) is 7.69. The molecule has 1 fully saturated rings. The van der Waals surface area contributed by atoms with Crippen LogP contribution in [0.4, 0.5) is 4.79 Å². The van der Waals surface area contributed by atoms with Gasteiger partial charge in [-0.25, -0.2) is 9.79 Å². The van der Waals surface area contributed by atoms with Gasteiger partial charge in [0.05, 0.1) is 6.54 Å². The lowest BCUT2D eigenvalue weighted by atomic mass is 10.0. The van der Waals surface area contributed by atoms with Crippen molar-refractivity contribution in [2.75, 3.05) is 26.2 Å². The Morgan fingerprint density at radius 3 is 2.56 bits per heavy atom. The standard InChI is InChI=1S/C18H29N5O4/c1-18(2,3)27-17(26)20-8-4-5-15(24)23-9-6-13(7-10-23)22-16(25)14-11-19-12-21-14/h12-13H,4-11H2,1-3H3,(H,20,26)(H,22,25). The van der Waals surface area contributed by atoms with Crippen molar-refractivity contribution in [2.24, 2.45) is 9.98 Å². The lowest BCUT2D eigenvalue weighted by Gasteiger charge is -2.32. The molecule has 0 aromatic heterocycles. The number of nitrogens with zero attached hydrogens (tertiary/aromatic N) is 3. The molecule has 0 aromatic carbocycles. The highest BCUT2D eigenvalue weighted by Gasteiger charge is 2.25. The average molecular weight is 379 g/mol. The van der Waals surface area contributed by atoms with Crippen molar-refractivity contribution >= 4 is 30.0 Å². The fourth-order valence-corrected chi connectivity index (χ4v) is 2.85. The molecule has 9 nitrogen and oxygen atoms in total. The van der Waals surface area contributed by atoms with E-state index in [2.05, 4.69) is 20.6 Å². The first-order chi connectivity index (χ1) is 12.7. The topological polar surface area (TPSA) is 112 Å². The number of nitrogens with one attached hydrogen (secondary N) is 2. The number of alkyl carbamates (subject to hydrolysis) is 1. The molecular weight excluding hydrogens is 350 g/mol. The summed E-state index contributed by atoms with van der Waals surface area (Å²) in [6.07, 6.45) is 3.32. The van der Waals surface area contributed by atoms with Gasteiger partial charge in [0.1, 0.15) is 17.7 Å². The van der Waals surface area contributed by atoms with Crippen LogP contribution in [0.5, 0.6) is 0 Å². The lowest BCUT2D eigenvalue weighted by Crippen LogP contribution is -2.48. The van der Waals surface area contributed by atoms with E-state index in [1.807, 2.05) is 4.90 Å². The van der Waals surface area contributed by atoms with Crippen molar-refractivity contribution < 1.29 is 19.1 Å². The molecule has 1 saturated heterocycles. The summed E-state index contributed by atoms with van der Waals surface area (Å²) in [7, 11) is 0. The van der Waals surface area contributed by atoms with Gasteiger partial charge >= 0.3 is 6.09 Å². The molecule has 0 aromatic rings. The number of hydrogen-bond acceptors (Lipinski definition) is 6. The summed E-state index contributed by atoms with van der Waals surface area (Å²) in [4.78, 5) is 45.5. The van der Waals surface area contributed by atoms with Crippen LogP contribution >= 0.6 is 0 Å². The predicted octanol–water partition coefficient (Wildman–Crippen LogP) is 0.881. The number of aliphatic imine (C=N–C) groups is 2. The number of hydrogen-bond donors (Lipinski definition) is 2. The number of ether oxygens (including phenoxy) is 1. The lowest BCUT2D eigenvalue weighted by molar-refractivity contribution is -0.132. The van der Waals surface area contributed by atoms with E-state index in [4.69, 9.17) is 4.74 Å². The zero-order chi connectivity index (χ0) is 19.9. The third kappa shape index (κ3) is 7.36. The molecule has 0 radical (unpaired) electrons. The molecule has 0 aliphatic carbocycles. The van der Waals surface area contributed by atoms with E-state index >= 15 is 0 Å². The summed E-state index contributed by atoms with van der Waals surface area (Å²) < 4.78 is 5.15. The van der Waals surface area contributed by atoms with Gasteiger partial charge in [0.15, 0.2) is 0 Å². The van der Waals surface area contributed by atoms with E-state index in [1.54, 1.807) is 20.8 Å². The van der Waals surface area contributed by atoms with Gasteiger partial charge in [-0.3, -0.25) is 14.6 Å². The molecule has 2 aliphatic heterocycles. The normalized spacial score (nSPS) is 17.4. The molecular formula is C18H29N5O4. The first-order valence-electron chi connectivity index (χ1n) is 9.35. The van der Waals surface area contributed by atoms with E-state index in [-0.39, 0.29) is 17.9 Å². The second kappa shape index (κ2) is 9.48. The molecule has 2 N–H and O–H groups in total. The van der Waals surface area contributed by atoms with Gasteiger partial charge in [0, 0.05) is 32.1 Å². The molecule has 27 heavy (non-hydrogen) atoms. The molecule has 0 atom stereocenters. The van der Waals surface area contributed by atoms with Crippen molar-refractivity contribution in [3.63, 3.8) is 0 Å². The van der Waals surface area contributed by atoms with Crippen LogP contribution in [-0.2, 0) is 14.3 Å². The van der Waals surface area contributed by atoms with E-state index in [0.717, 1.165) is 12.8 Å². The maximum atomic E-state index is 12.3. The van der Waals surface area contributed by atoms with Crippen LogP contribution in [0.2, 0.25) is 0 Å². The summed E-state index contributed by atoms with van der Waals surface area (Å²) >= 11 is 0. The third-order valence-electron chi connectivity index (χ3n) is 4.22. The van der Waals surface area contributed by atoms with Gasteiger partial charge in [0.25, 0.3) is 5.91 Å². The number of carbonyl (C=O) groups excluding carboxylic acids is 3. The highest BCUT2D eigenvalue weighted by Crippen LogP contribution is 2.12. The molecule has 2 aliphatic rings. The molecule has 9 heteroatoms. The van der Waals surface area contributed by atoms with Crippen LogP contribution in [0.1, 0.15) is 46.5 Å². The van der Waals surface area contributed by atoms with Crippen LogP contribution in [0, 0.1) is 0 Å². The van der Waals surface area contributed by atoms with Crippen LogP contribution in [-0.4, -0.2) is 72.7 Å². The minimum Gasteiger partial charge on any atom is -0.444 e. The minimum atomic E-state index is -0.531. The van der Waals surface area contributed by atoms with Gasteiger partial charge in [-0.2, -0.15) is 0 Å². The van der Waals surface area contributed by atoms with Crippen molar-refractivity contribution in [3.05, 3.63) is 0 Å². The van der Waals surface area contributed by atoms with E-state index in [1.165, 1.54) is 6.34 Å². The quantitative estimate of drug-likeness (QED) is 0.667. The summed E-state index contributed by atoms with van der Waals surface area (Å²) in [5.41, 5.74) is -0.0946. The maximum absolute atomic E-state index is 12.3. The highest BCUT2D eigenvalue weighted by atomic mass is 16.6. The summed E-state index contributed by atoms with van der Waals surface area (Å²) in [6.45, 7) is 7.38. The Hall–Kier alpha value is -2.45. The zero-order valence-electron chi connectivity index (χ0n) is 16.3. The molecule has 0 unspecified atom stereocenters. The van der Waals surface area contributed by atoms with Crippen LogP contribution < -0.4 is 10.6 Å². The average Bonchev–Trinajstić information content (AvgIpc) is 3.12. The van der Waals surface area contributed by atoms with Crippen molar-refractivity contribution in [1.29, 1.82) is 0 Å². The Bertz CT molecular complexity index is 616.